The van der Waals surface area contributed by atoms with Gasteiger partial charge in [0.05, 0.1) is 5.52 Å². The molecule has 0 saturated carbocycles. The number of aryl methyl sites for hydroxylation is 1. The second kappa shape index (κ2) is 8.12. The summed E-state index contributed by atoms with van der Waals surface area (Å²) >= 11 is 1.61. The van der Waals surface area contributed by atoms with Gasteiger partial charge in [-0.2, -0.15) is 0 Å². The molecule has 0 bridgehead atoms. The molecule has 1 saturated heterocycles. The molecular formula is C22H24N4OS. The molecule has 28 heavy (non-hydrogen) atoms. The van der Waals surface area contributed by atoms with Crippen LogP contribution in [0.4, 0.5) is 11.5 Å². The molecule has 1 aromatic carbocycles. The number of fused-ring (bicyclic) bond motifs is 1. The van der Waals surface area contributed by atoms with E-state index in [1.807, 2.05) is 41.8 Å². The normalized spacial score (nSPS) is 15.4. The average molecular weight is 393 g/mol. The van der Waals surface area contributed by atoms with Crippen molar-refractivity contribution in [1.29, 1.82) is 0 Å². The van der Waals surface area contributed by atoms with Gasteiger partial charge in [0.25, 0.3) is 0 Å². The van der Waals surface area contributed by atoms with E-state index in [1.165, 1.54) is 5.56 Å². The zero-order valence-electron chi connectivity index (χ0n) is 16.2. The lowest BCUT2D eigenvalue weighted by Crippen LogP contribution is -2.44. The molecule has 1 aliphatic heterocycles. The first-order chi connectivity index (χ1) is 13.6. The summed E-state index contributed by atoms with van der Waals surface area (Å²) < 4.78 is 0. The quantitative estimate of drug-likeness (QED) is 0.682. The fourth-order valence-corrected chi connectivity index (χ4v) is 4.00. The highest BCUT2D eigenvalue weighted by Crippen LogP contribution is 2.26. The maximum Gasteiger partial charge on any atom is 0.248 e. The van der Waals surface area contributed by atoms with Crippen LogP contribution in [0.3, 0.4) is 0 Å². The van der Waals surface area contributed by atoms with Crippen LogP contribution in [0.15, 0.2) is 47.9 Å². The second-order valence-corrected chi connectivity index (χ2v) is 8.14. The molecule has 0 unspecified atom stereocenters. The molecule has 0 radical (unpaired) electrons. The molecule has 1 aliphatic rings. The first kappa shape index (κ1) is 18.7. The van der Waals surface area contributed by atoms with Crippen molar-refractivity contribution >= 4 is 45.7 Å². The van der Waals surface area contributed by atoms with E-state index in [0.29, 0.717) is 0 Å². The van der Waals surface area contributed by atoms with Crippen LogP contribution >= 0.6 is 11.3 Å². The number of rotatable bonds is 4. The smallest absolute Gasteiger partial charge is 0.248 e. The van der Waals surface area contributed by atoms with E-state index in [1.54, 1.807) is 17.4 Å². The van der Waals surface area contributed by atoms with Gasteiger partial charge in [-0.15, -0.1) is 11.3 Å². The van der Waals surface area contributed by atoms with E-state index in [2.05, 4.69) is 35.2 Å². The monoisotopic (exact) mass is 392 g/mol. The fraction of sp³-hybridized carbons (Fsp3) is 0.273. The van der Waals surface area contributed by atoms with Gasteiger partial charge in [0.1, 0.15) is 5.82 Å². The average Bonchev–Trinajstić information content (AvgIpc) is 3.21. The van der Waals surface area contributed by atoms with Gasteiger partial charge >= 0.3 is 0 Å². The number of carbonyl (C=O) groups excluding carboxylic acids is 1. The zero-order chi connectivity index (χ0) is 19.5. The lowest BCUT2D eigenvalue weighted by Gasteiger charge is -2.33. The van der Waals surface area contributed by atoms with Gasteiger partial charge in [-0.25, -0.2) is 4.98 Å². The third kappa shape index (κ3) is 4.24. The predicted octanol–water partition coefficient (Wildman–Crippen LogP) is 4.01. The standard InChI is InChI=1S/C22H24N4OS/c1-16-14-21(26-11-9-25(2)10-12-26)24-20-7-5-17(15-19(16)20)23-22(27)8-6-18-4-3-13-28-18/h3-8,13-15H,9-12H2,1-2H3,(H,23,27)/b8-6+. The van der Waals surface area contributed by atoms with Gasteiger partial charge < -0.3 is 15.1 Å². The number of pyridine rings is 1. The van der Waals surface area contributed by atoms with Gasteiger partial charge in [-0.3, -0.25) is 4.79 Å². The Morgan fingerprint density at radius 3 is 2.75 bits per heavy atom. The summed E-state index contributed by atoms with van der Waals surface area (Å²) in [5, 5.41) is 6.00. The zero-order valence-corrected chi connectivity index (χ0v) is 17.0. The first-order valence-corrected chi connectivity index (χ1v) is 10.3. The molecule has 1 fully saturated rings. The molecule has 0 spiro atoms. The van der Waals surface area contributed by atoms with Crippen molar-refractivity contribution < 1.29 is 4.79 Å². The number of anilines is 2. The van der Waals surface area contributed by atoms with Gasteiger partial charge in [0.15, 0.2) is 0 Å². The molecule has 5 nitrogen and oxygen atoms in total. The van der Waals surface area contributed by atoms with Crippen LogP contribution < -0.4 is 10.2 Å². The Bertz CT molecular complexity index is 1000. The van der Waals surface area contributed by atoms with Crippen LogP contribution in [-0.2, 0) is 4.79 Å². The summed E-state index contributed by atoms with van der Waals surface area (Å²) in [4.78, 5) is 22.8. The number of aromatic nitrogens is 1. The number of hydrogen-bond donors (Lipinski definition) is 1. The first-order valence-electron chi connectivity index (χ1n) is 9.46. The molecule has 0 atom stereocenters. The van der Waals surface area contributed by atoms with E-state index in [9.17, 15) is 4.79 Å². The Hall–Kier alpha value is -2.70. The van der Waals surface area contributed by atoms with Gasteiger partial charge in [-0.1, -0.05) is 6.07 Å². The molecule has 144 valence electrons. The number of thiophene rings is 1. The van der Waals surface area contributed by atoms with Crippen LogP contribution in [0, 0.1) is 6.92 Å². The van der Waals surface area contributed by atoms with Crippen LogP contribution in [-0.4, -0.2) is 49.0 Å². The Morgan fingerprint density at radius 1 is 1.18 bits per heavy atom. The Kier molecular flexibility index (Phi) is 5.41. The number of benzene rings is 1. The van der Waals surface area contributed by atoms with Crippen molar-refractivity contribution in [3.05, 3.63) is 58.3 Å². The minimum atomic E-state index is -0.132. The second-order valence-electron chi connectivity index (χ2n) is 7.16. The fourth-order valence-electron chi connectivity index (χ4n) is 3.38. The number of amides is 1. The highest BCUT2D eigenvalue weighted by Gasteiger charge is 2.16. The van der Waals surface area contributed by atoms with Gasteiger partial charge in [-0.05, 0) is 61.3 Å². The number of nitrogens with zero attached hydrogens (tertiary/aromatic N) is 3. The molecule has 3 heterocycles. The summed E-state index contributed by atoms with van der Waals surface area (Å²) in [6.07, 6.45) is 3.40. The van der Waals surface area contributed by atoms with Crippen molar-refractivity contribution in [3.63, 3.8) is 0 Å². The number of hydrogen-bond acceptors (Lipinski definition) is 5. The van der Waals surface area contributed by atoms with Crippen LogP contribution in [0.5, 0.6) is 0 Å². The highest BCUT2D eigenvalue weighted by atomic mass is 32.1. The third-order valence-electron chi connectivity index (χ3n) is 5.04. The van der Waals surface area contributed by atoms with Crippen molar-refractivity contribution in [3.8, 4) is 0 Å². The third-order valence-corrected chi connectivity index (χ3v) is 5.88. The topological polar surface area (TPSA) is 48.5 Å². The lowest BCUT2D eigenvalue weighted by molar-refractivity contribution is -0.111. The lowest BCUT2D eigenvalue weighted by atomic mass is 10.1. The minimum absolute atomic E-state index is 0.132. The van der Waals surface area contributed by atoms with Gasteiger partial charge in [0, 0.05) is 48.2 Å². The van der Waals surface area contributed by atoms with Crippen molar-refractivity contribution in [2.24, 2.45) is 0 Å². The molecular weight excluding hydrogens is 368 g/mol. The van der Waals surface area contributed by atoms with E-state index >= 15 is 0 Å². The van der Waals surface area contributed by atoms with Gasteiger partial charge in [0.2, 0.25) is 5.91 Å². The summed E-state index contributed by atoms with van der Waals surface area (Å²) in [5.74, 6) is 0.904. The van der Waals surface area contributed by atoms with E-state index in [4.69, 9.17) is 4.98 Å². The number of nitrogens with one attached hydrogen (secondary N) is 1. The van der Waals surface area contributed by atoms with Crippen molar-refractivity contribution in [1.82, 2.24) is 9.88 Å². The molecule has 2 aromatic heterocycles. The molecule has 1 N–H and O–H groups in total. The van der Waals surface area contributed by atoms with Crippen molar-refractivity contribution in [2.75, 3.05) is 43.4 Å². The number of likely N-dealkylation sites (N-methyl/N-ethyl adjacent to an activating group) is 1. The maximum atomic E-state index is 12.2. The SMILES string of the molecule is Cc1cc(N2CCN(C)CC2)nc2ccc(NC(=O)/C=C/c3cccs3)cc12. The van der Waals surface area contributed by atoms with Crippen LogP contribution in [0.25, 0.3) is 17.0 Å². The molecule has 3 aromatic rings. The van der Waals surface area contributed by atoms with Crippen LogP contribution in [0.2, 0.25) is 0 Å². The molecule has 0 aliphatic carbocycles. The number of carbonyl (C=O) groups is 1. The van der Waals surface area contributed by atoms with E-state index in [-0.39, 0.29) is 5.91 Å². The van der Waals surface area contributed by atoms with Crippen LogP contribution in [0.1, 0.15) is 10.4 Å². The highest BCUT2D eigenvalue weighted by molar-refractivity contribution is 7.10. The summed E-state index contributed by atoms with van der Waals surface area (Å²) in [7, 11) is 2.15. The number of piperazine rings is 1. The van der Waals surface area contributed by atoms with E-state index in [0.717, 1.165) is 53.5 Å². The minimum Gasteiger partial charge on any atom is -0.354 e. The summed E-state index contributed by atoms with van der Waals surface area (Å²) in [6.45, 7) is 6.22. The Labute approximate surface area is 169 Å². The maximum absolute atomic E-state index is 12.2. The molecule has 6 heteroatoms. The molecule has 1 amide bonds. The summed E-state index contributed by atoms with van der Waals surface area (Å²) in [5.41, 5.74) is 2.91. The Morgan fingerprint density at radius 2 is 2.00 bits per heavy atom. The largest absolute Gasteiger partial charge is 0.354 e. The summed E-state index contributed by atoms with van der Waals surface area (Å²) in [6, 6.07) is 12.0. The molecule has 4 rings (SSSR count). The predicted molar refractivity (Wildman–Crippen MR) is 118 cm³/mol. The van der Waals surface area contributed by atoms with Crippen molar-refractivity contribution in [2.45, 2.75) is 6.92 Å². The van der Waals surface area contributed by atoms with E-state index < -0.39 is 0 Å². The Balaban J connectivity index is 1.51.